The van der Waals surface area contributed by atoms with Crippen LogP contribution in [0.3, 0.4) is 0 Å². The number of nitrogens with one attached hydrogen (secondary N) is 1. The molecule has 7 nitrogen and oxygen atoms in total. The molecule has 2 heterocycles. The van der Waals surface area contributed by atoms with Crippen LogP contribution in [0.25, 0.3) is 22.3 Å². The number of allylic oxidation sites excluding steroid dienone is 1. The predicted octanol–water partition coefficient (Wildman–Crippen LogP) is 4.23. The number of nitrogens with zero attached hydrogens (tertiary/aromatic N) is 4. The second-order valence-electron chi connectivity index (χ2n) is 6.63. The number of aromatic nitrogens is 5. The number of hydrogen-bond acceptors (Lipinski definition) is 6. The number of thioether (sulfide) groups is 1. The first kappa shape index (κ1) is 19.9. The minimum absolute atomic E-state index is 0.138. The Kier molecular flexibility index (Phi) is 5.67. The van der Waals surface area contributed by atoms with Crippen LogP contribution in [0.4, 0.5) is 0 Å². The Bertz CT molecular complexity index is 1260. The Morgan fingerprint density at radius 1 is 1.20 bits per heavy atom. The molecule has 4 aromatic rings. The highest BCUT2D eigenvalue weighted by molar-refractivity contribution is 7.99. The van der Waals surface area contributed by atoms with Gasteiger partial charge in [-0.25, -0.2) is 4.98 Å². The molecular weight excluding hydrogens is 398 g/mol. The number of aromatic amines is 1. The fourth-order valence-electron chi connectivity index (χ4n) is 3.21. The number of rotatable bonds is 7. The number of H-pyrrole nitrogens is 1. The molecule has 1 N–H and O–H groups in total. The zero-order valence-corrected chi connectivity index (χ0v) is 17.5. The Morgan fingerprint density at radius 3 is 2.77 bits per heavy atom. The molecule has 0 aliphatic rings. The Labute approximate surface area is 177 Å². The first-order valence-electron chi connectivity index (χ1n) is 9.45. The summed E-state index contributed by atoms with van der Waals surface area (Å²) in [5, 5.41) is 9.93. The lowest BCUT2D eigenvalue weighted by molar-refractivity contribution is 0.416. The van der Waals surface area contributed by atoms with E-state index in [-0.39, 0.29) is 10.8 Å². The lowest BCUT2D eigenvalue weighted by atomic mass is 10.2. The molecule has 0 radical (unpaired) electrons. The van der Waals surface area contributed by atoms with Crippen LogP contribution in [0.15, 0.2) is 71.1 Å². The van der Waals surface area contributed by atoms with E-state index in [0.29, 0.717) is 34.3 Å². The van der Waals surface area contributed by atoms with Crippen molar-refractivity contribution in [1.82, 2.24) is 24.7 Å². The fraction of sp³-hybridized carbons (Fsp3) is 0.182. The van der Waals surface area contributed by atoms with Crippen LogP contribution in [-0.2, 0) is 6.54 Å². The number of fused-ring (bicyclic) bond motifs is 1. The van der Waals surface area contributed by atoms with E-state index in [1.807, 2.05) is 54.0 Å². The lowest BCUT2D eigenvalue weighted by Gasteiger charge is -2.13. The van der Waals surface area contributed by atoms with Crippen molar-refractivity contribution >= 4 is 22.7 Å². The van der Waals surface area contributed by atoms with E-state index in [2.05, 4.69) is 26.7 Å². The maximum Gasteiger partial charge on any atom is 0.258 e. The van der Waals surface area contributed by atoms with Crippen molar-refractivity contribution in [2.75, 3.05) is 7.11 Å². The SMILES string of the molecule is C=CCn1c(SC(C)c2nc3ccccc3c(=O)[nH]2)nnc1-c1ccccc1OC. The lowest BCUT2D eigenvalue weighted by Crippen LogP contribution is -2.13. The van der Waals surface area contributed by atoms with E-state index in [4.69, 9.17) is 4.74 Å². The van der Waals surface area contributed by atoms with Crippen molar-refractivity contribution in [3.8, 4) is 17.1 Å². The van der Waals surface area contributed by atoms with Crippen LogP contribution in [0.2, 0.25) is 0 Å². The zero-order valence-electron chi connectivity index (χ0n) is 16.7. The van der Waals surface area contributed by atoms with Gasteiger partial charge in [-0.2, -0.15) is 0 Å². The molecule has 8 heteroatoms. The van der Waals surface area contributed by atoms with Crippen LogP contribution in [0.5, 0.6) is 5.75 Å². The van der Waals surface area contributed by atoms with Crippen LogP contribution in [0, 0.1) is 0 Å². The van der Waals surface area contributed by atoms with E-state index in [9.17, 15) is 4.79 Å². The predicted molar refractivity (Wildman–Crippen MR) is 119 cm³/mol. The summed E-state index contributed by atoms with van der Waals surface area (Å²) in [6.07, 6.45) is 1.80. The Balaban J connectivity index is 1.70. The van der Waals surface area contributed by atoms with E-state index in [1.54, 1.807) is 19.3 Å². The van der Waals surface area contributed by atoms with Crippen molar-refractivity contribution in [3.05, 3.63) is 77.4 Å². The van der Waals surface area contributed by atoms with Crippen LogP contribution >= 0.6 is 11.8 Å². The van der Waals surface area contributed by atoms with Crippen molar-refractivity contribution in [1.29, 1.82) is 0 Å². The van der Waals surface area contributed by atoms with Gasteiger partial charge in [0.2, 0.25) is 0 Å². The van der Waals surface area contributed by atoms with Gasteiger partial charge in [-0.05, 0) is 31.2 Å². The van der Waals surface area contributed by atoms with Gasteiger partial charge >= 0.3 is 0 Å². The summed E-state index contributed by atoms with van der Waals surface area (Å²) < 4.78 is 7.46. The third-order valence-electron chi connectivity index (χ3n) is 4.67. The van der Waals surface area contributed by atoms with Gasteiger partial charge < -0.3 is 9.72 Å². The molecule has 0 aliphatic heterocycles. The van der Waals surface area contributed by atoms with Gasteiger partial charge in [0, 0.05) is 6.54 Å². The van der Waals surface area contributed by atoms with Gasteiger partial charge in [0.05, 0.1) is 28.8 Å². The topological polar surface area (TPSA) is 85.7 Å². The van der Waals surface area contributed by atoms with Crippen molar-refractivity contribution in [3.63, 3.8) is 0 Å². The summed E-state index contributed by atoms with van der Waals surface area (Å²) in [6.45, 7) is 6.38. The molecule has 2 aromatic heterocycles. The molecule has 0 fully saturated rings. The van der Waals surface area contributed by atoms with Crippen molar-refractivity contribution < 1.29 is 4.74 Å². The molecule has 0 bridgehead atoms. The third kappa shape index (κ3) is 3.73. The quantitative estimate of drug-likeness (QED) is 0.356. The Hall–Kier alpha value is -3.39. The van der Waals surface area contributed by atoms with E-state index >= 15 is 0 Å². The largest absolute Gasteiger partial charge is 0.496 e. The summed E-state index contributed by atoms with van der Waals surface area (Å²) >= 11 is 1.48. The average Bonchev–Trinajstić information content (AvgIpc) is 3.16. The summed E-state index contributed by atoms with van der Waals surface area (Å²) in [6, 6.07) is 15.0. The van der Waals surface area contributed by atoms with Gasteiger partial charge in [0.15, 0.2) is 11.0 Å². The summed E-state index contributed by atoms with van der Waals surface area (Å²) in [7, 11) is 1.63. The molecule has 0 saturated heterocycles. The average molecular weight is 420 g/mol. The minimum atomic E-state index is -0.148. The fourth-order valence-corrected chi connectivity index (χ4v) is 4.12. The molecule has 0 aliphatic carbocycles. The molecule has 2 aromatic carbocycles. The highest BCUT2D eigenvalue weighted by Crippen LogP contribution is 2.36. The molecule has 0 saturated carbocycles. The molecule has 30 heavy (non-hydrogen) atoms. The number of methoxy groups -OCH3 is 1. The molecular formula is C22H21N5O2S. The van der Waals surface area contributed by atoms with Crippen LogP contribution in [-0.4, -0.2) is 31.8 Å². The highest BCUT2D eigenvalue weighted by Gasteiger charge is 2.20. The van der Waals surface area contributed by atoms with Crippen LogP contribution < -0.4 is 10.3 Å². The van der Waals surface area contributed by atoms with E-state index < -0.39 is 0 Å². The number of ether oxygens (including phenoxy) is 1. The van der Waals surface area contributed by atoms with E-state index in [0.717, 1.165) is 11.3 Å². The molecule has 1 unspecified atom stereocenters. The second-order valence-corrected chi connectivity index (χ2v) is 7.94. The highest BCUT2D eigenvalue weighted by atomic mass is 32.2. The monoisotopic (exact) mass is 419 g/mol. The first-order valence-corrected chi connectivity index (χ1v) is 10.3. The third-order valence-corrected chi connectivity index (χ3v) is 5.76. The van der Waals surface area contributed by atoms with Crippen molar-refractivity contribution in [2.45, 2.75) is 23.9 Å². The summed E-state index contributed by atoms with van der Waals surface area (Å²) in [5.74, 6) is 2.01. The molecule has 0 spiro atoms. The maximum atomic E-state index is 12.4. The smallest absolute Gasteiger partial charge is 0.258 e. The maximum absolute atomic E-state index is 12.4. The van der Waals surface area contributed by atoms with Crippen LogP contribution in [0.1, 0.15) is 18.0 Å². The van der Waals surface area contributed by atoms with Gasteiger partial charge in [0.25, 0.3) is 5.56 Å². The summed E-state index contributed by atoms with van der Waals surface area (Å²) in [5.41, 5.74) is 1.38. The van der Waals surface area contributed by atoms with Gasteiger partial charge in [-0.1, -0.05) is 42.1 Å². The minimum Gasteiger partial charge on any atom is -0.496 e. The second kappa shape index (κ2) is 8.54. The van der Waals surface area contributed by atoms with Crippen molar-refractivity contribution in [2.24, 2.45) is 0 Å². The van der Waals surface area contributed by atoms with Gasteiger partial charge in [-0.3, -0.25) is 9.36 Å². The summed E-state index contributed by atoms with van der Waals surface area (Å²) in [4.78, 5) is 19.9. The number of para-hydroxylation sites is 2. The number of benzene rings is 2. The molecule has 152 valence electrons. The molecule has 0 amide bonds. The Morgan fingerprint density at radius 2 is 1.97 bits per heavy atom. The zero-order chi connectivity index (χ0) is 21.1. The molecule has 1 atom stereocenters. The number of hydrogen-bond donors (Lipinski definition) is 1. The standard InChI is InChI=1S/C22H21N5O2S/c1-4-13-27-20(16-10-6-8-12-18(16)29-3)25-26-22(27)30-14(2)19-23-17-11-7-5-9-15(17)21(28)24-19/h4-12,14H,1,13H2,2-3H3,(H,23,24,28). The van der Waals surface area contributed by atoms with Gasteiger partial charge in [-0.15, -0.1) is 16.8 Å². The molecule has 4 rings (SSSR count). The first-order chi connectivity index (χ1) is 14.6. The van der Waals surface area contributed by atoms with Gasteiger partial charge in [0.1, 0.15) is 11.6 Å². The van der Waals surface area contributed by atoms with E-state index in [1.165, 1.54) is 11.8 Å². The normalized spacial score (nSPS) is 12.1.